The van der Waals surface area contributed by atoms with Gasteiger partial charge in [-0.25, -0.2) is 4.79 Å². The second kappa shape index (κ2) is 10.4. The van der Waals surface area contributed by atoms with Gasteiger partial charge in [-0.15, -0.1) is 10.2 Å². The summed E-state index contributed by atoms with van der Waals surface area (Å²) < 4.78 is 6.89. The molecule has 0 fully saturated rings. The van der Waals surface area contributed by atoms with Crippen LogP contribution in [0.2, 0.25) is 0 Å². The Morgan fingerprint density at radius 3 is 2.37 bits per heavy atom. The second-order valence-electron chi connectivity index (χ2n) is 5.62. The van der Waals surface area contributed by atoms with Gasteiger partial charge in [-0.1, -0.05) is 43.2 Å². The fourth-order valence-electron chi connectivity index (χ4n) is 2.11. The molecule has 0 aliphatic carbocycles. The van der Waals surface area contributed by atoms with Crippen molar-refractivity contribution < 1.29 is 14.6 Å². The Morgan fingerprint density at radius 1 is 1.10 bits per heavy atom. The van der Waals surface area contributed by atoms with Gasteiger partial charge in [-0.2, -0.15) is 10.1 Å². The van der Waals surface area contributed by atoms with E-state index in [2.05, 4.69) is 57.6 Å². The molecule has 0 saturated carbocycles. The molecule has 0 saturated heterocycles. The highest BCUT2D eigenvalue weighted by Gasteiger charge is 2.22. The van der Waals surface area contributed by atoms with Crippen molar-refractivity contribution in [3.63, 3.8) is 0 Å². The summed E-state index contributed by atoms with van der Waals surface area (Å²) in [5.74, 6) is -1.02. The third-order valence-electron chi connectivity index (χ3n) is 3.49. The number of aromatic nitrogens is 1. The largest absolute Gasteiger partial charge is 0.491 e. The number of nitrogens with zero attached hydrogens (tertiary/aromatic N) is 4. The Morgan fingerprint density at radius 2 is 1.73 bits per heavy atom. The number of thiazole rings is 1. The van der Waals surface area contributed by atoms with Crippen molar-refractivity contribution >= 4 is 71.3 Å². The highest BCUT2D eigenvalue weighted by molar-refractivity contribution is 9.10. The van der Waals surface area contributed by atoms with E-state index < -0.39 is 5.97 Å². The molecule has 2 N–H and O–H groups in total. The smallest absolute Gasteiger partial charge is 0.361 e. The molecule has 154 valence electrons. The van der Waals surface area contributed by atoms with Crippen LogP contribution < -0.4 is 5.43 Å². The number of hydrogen-bond donors (Lipinski definition) is 2. The number of carbonyl (C=O) groups is 1. The maximum atomic E-state index is 12.4. The van der Waals surface area contributed by atoms with Crippen LogP contribution in [0, 0.1) is 0 Å². The molecule has 1 aromatic heterocycles. The number of benzene rings is 2. The van der Waals surface area contributed by atoms with Crippen molar-refractivity contribution in [2.24, 2.45) is 15.3 Å². The summed E-state index contributed by atoms with van der Waals surface area (Å²) in [4.78, 5) is 16.4. The van der Waals surface area contributed by atoms with Gasteiger partial charge in [0, 0.05) is 8.95 Å². The molecule has 0 bridgehead atoms. The van der Waals surface area contributed by atoms with E-state index in [1.54, 1.807) is 31.2 Å². The van der Waals surface area contributed by atoms with Crippen molar-refractivity contribution in [1.29, 1.82) is 0 Å². The first-order chi connectivity index (χ1) is 14.5. The molecule has 8 nitrogen and oxygen atoms in total. The number of nitrogens with one attached hydrogen (secondary N) is 1. The predicted molar refractivity (Wildman–Crippen MR) is 123 cm³/mol. The van der Waals surface area contributed by atoms with Crippen molar-refractivity contribution in [1.82, 2.24) is 4.98 Å². The number of carbonyl (C=O) groups excluding carboxylic acids is 1. The van der Waals surface area contributed by atoms with Crippen molar-refractivity contribution in [2.75, 3.05) is 12.0 Å². The molecule has 3 aromatic rings. The van der Waals surface area contributed by atoms with Gasteiger partial charge in [-0.05, 0) is 55.5 Å². The van der Waals surface area contributed by atoms with Crippen LogP contribution in [0.5, 0.6) is 5.88 Å². The van der Waals surface area contributed by atoms with Gasteiger partial charge in [0.2, 0.25) is 10.7 Å². The highest BCUT2D eigenvalue weighted by Crippen LogP contribution is 2.35. The summed E-state index contributed by atoms with van der Waals surface area (Å²) in [6.07, 6.45) is 0. The number of azo groups is 1. The number of hydrazone groups is 1. The Bertz CT molecular complexity index is 1080. The Labute approximate surface area is 193 Å². The van der Waals surface area contributed by atoms with Crippen LogP contribution in [0.15, 0.2) is 72.8 Å². The average Bonchev–Trinajstić information content (AvgIpc) is 3.09. The van der Waals surface area contributed by atoms with Gasteiger partial charge in [0.25, 0.3) is 5.88 Å². The maximum Gasteiger partial charge on any atom is 0.361 e. The van der Waals surface area contributed by atoms with Crippen molar-refractivity contribution in [3.05, 3.63) is 62.5 Å². The molecule has 0 unspecified atom stereocenters. The van der Waals surface area contributed by atoms with Crippen molar-refractivity contribution in [2.45, 2.75) is 6.92 Å². The lowest BCUT2D eigenvalue weighted by atomic mass is 10.3. The zero-order valence-corrected chi connectivity index (χ0v) is 19.5. The minimum Gasteiger partial charge on any atom is -0.491 e. The van der Waals surface area contributed by atoms with Gasteiger partial charge in [0.15, 0.2) is 5.01 Å². The van der Waals surface area contributed by atoms with Gasteiger partial charge in [0.1, 0.15) is 0 Å². The molecule has 30 heavy (non-hydrogen) atoms. The fraction of sp³-hybridized carbons (Fsp3) is 0.105. The standard InChI is InChI=1S/C19H15Br2N5O3S/c1-2-29-19(28)15(25-23-13-7-3-11(20)4-8-13)17-22-16(27)18(30-17)26-24-14-9-5-12(21)6-10-14/h3-10,23,27H,2H2,1H3. The SMILES string of the molecule is CCOC(=O)C(=NNc1ccc(Br)cc1)c1nc(O)c(N=Nc2ccc(Br)cc2)s1. The molecule has 2 aromatic carbocycles. The van der Waals surface area contributed by atoms with Crippen LogP contribution >= 0.6 is 43.2 Å². The number of halogens is 2. The summed E-state index contributed by atoms with van der Waals surface area (Å²) >= 11 is 7.68. The molecule has 0 radical (unpaired) electrons. The minimum atomic E-state index is -0.674. The predicted octanol–water partition coefficient (Wildman–Crippen LogP) is 6.17. The summed E-state index contributed by atoms with van der Waals surface area (Å²) in [6, 6.07) is 14.4. The number of esters is 1. The number of hydrogen-bond acceptors (Lipinski definition) is 9. The lowest BCUT2D eigenvalue weighted by Crippen LogP contribution is -2.20. The lowest BCUT2D eigenvalue weighted by Gasteiger charge is -2.05. The van der Waals surface area contributed by atoms with E-state index in [9.17, 15) is 9.90 Å². The molecule has 0 aliphatic rings. The van der Waals surface area contributed by atoms with Gasteiger partial charge >= 0.3 is 5.97 Å². The Balaban J connectivity index is 1.87. The molecule has 0 aliphatic heterocycles. The summed E-state index contributed by atoms with van der Waals surface area (Å²) in [6.45, 7) is 1.86. The van der Waals surface area contributed by atoms with Crippen LogP contribution in [0.4, 0.5) is 16.4 Å². The Kier molecular flexibility index (Phi) is 7.66. The zero-order valence-electron chi connectivity index (χ0n) is 15.5. The van der Waals surface area contributed by atoms with Crippen LogP contribution in [0.1, 0.15) is 11.9 Å². The first kappa shape index (κ1) is 22.1. The molecule has 1 heterocycles. The summed E-state index contributed by atoms with van der Waals surface area (Å²) in [7, 11) is 0. The first-order valence-corrected chi connectivity index (χ1v) is 11.0. The van der Waals surface area contributed by atoms with E-state index >= 15 is 0 Å². The molecule has 11 heteroatoms. The van der Waals surface area contributed by atoms with Gasteiger partial charge < -0.3 is 9.84 Å². The summed E-state index contributed by atoms with van der Waals surface area (Å²) in [5.41, 5.74) is 3.98. The van der Waals surface area contributed by atoms with E-state index in [0.717, 1.165) is 20.3 Å². The van der Waals surface area contributed by atoms with Crippen LogP contribution in [0.25, 0.3) is 0 Å². The second-order valence-corrected chi connectivity index (χ2v) is 8.43. The molecule has 0 atom stereocenters. The van der Waals surface area contributed by atoms with E-state index in [0.29, 0.717) is 11.4 Å². The number of anilines is 1. The first-order valence-electron chi connectivity index (χ1n) is 8.60. The topological polar surface area (TPSA) is 109 Å². The van der Waals surface area contributed by atoms with Gasteiger partial charge in [-0.3, -0.25) is 5.43 Å². The number of ether oxygens (including phenoxy) is 1. The van der Waals surface area contributed by atoms with Crippen LogP contribution in [-0.4, -0.2) is 28.4 Å². The van der Waals surface area contributed by atoms with Gasteiger partial charge in [0.05, 0.1) is 18.0 Å². The molecule has 0 spiro atoms. The van der Waals surface area contributed by atoms with E-state index in [4.69, 9.17) is 4.74 Å². The number of aromatic hydroxyl groups is 1. The molecule has 3 rings (SSSR count). The minimum absolute atomic E-state index is 0.0786. The monoisotopic (exact) mass is 551 g/mol. The zero-order chi connectivity index (χ0) is 21.5. The van der Waals surface area contributed by atoms with E-state index in [-0.39, 0.29) is 28.2 Å². The maximum absolute atomic E-state index is 12.4. The third-order valence-corrected chi connectivity index (χ3v) is 5.48. The molecule has 0 amide bonds. The third kappa shape index (κ3) is 5.94. The lowest BCUT2D eigenvalue weighted by molar-refractivity contribution is -0.134. The Hall–Kier alpha value is -2.63. The van der Waals surface area contributed by atoms with Crippen molar-refractivity contribution in [3.8, 4) is 5.88 Å². The summed E-state index contributed by atoms with van der Waals surface area (Å²) in [5, 5.41) is 22.7. The molecular weight excluding hydrogens is 538 g/mol. The van der Waals surface area contributed by atoms with Crippen LogP contribution in [0.3, 0.4) is 0 Å². The quantitative estimate of drug-likeness (QED) is 0.158. The fourth-order valence-corrected chi connectivity index (χ4v) is 3.39. The van der Waals surface area contributed by atoms with E-state index in [1.165, 1.54) is 0 Å². The normalized spacial score (nSPS) is 11.6. The highest BCUT2D eigenvalue weighted by atomic mass is 79.9. The average molecular weight is 553 g/mol. The number of rotatable bonds is 7. The molecular formula is C19H15Br2N5O3S. The van der Waals surface area contributed by atoms with E-state index in [1.807, 2.05) is 24.3 Å². The van der Waals surface area contributed by atoms with Crippen LogP contribution in [-0.2, 0) is 9.53 Å².